The molecule has 1 aliphatic heterocycles. The van der Waals surface area contributed by atoms with Gasteiger partial charge in [0.05, 0.1) is 30.4 Å². The lowest BCUT2D eigenvalue weighted by Crippen LogP contribution is -2.45. The third kappa shape index (κ3) is 4.62. The number of methoxy groups -OCH3 is 1. The molecule has 0 radical (unpaired) electrons. The Morgan fingerprint density at radius 2 is 1.70 bits per heavy atom. The first-order chi connectivity index (χ1) is 13.0. The van der Waals surface area contributed by atoms with Crippen LogP contribution in [-0.4, -0.2) is 49.3 Å². The summed E-state index contributed by atoms with van der Waals surface area (Å²) in [5, 5.41) is 2.79. The molecule has 142 valence electrons. The molecular weight excluding hydrogens is 346 g/mol. The van der Waals surface area contributed by atoms with Crippen molar-refractivity contribution in [1.82, 2.24) is 4.98 Å². The number of pyridine rings is 1. The fourth-order valence-corrected chi connectivity index (χ4v) is 3.08. The molecule has 0 spiro atoms. The quantitative estimate of drug-likeness (QED) is 0.835. The zero-order valence-corrected chi connectivity index (χ0v) is 15.6. The number of esters is 1. The van der Waals surface area contributed by atoms with E-state index in [-0.39, 0.29) is 18.1 Å². The molecule has 7 heteroatoms. The molecule has 2 atom stereocenters. The average Bonchev–Trinajstić information content (AvgIpc) is 2.67. The van der Waals surface area contributed by atoms with Crippen LogP contribution < -0.4 is 10.2 Å². The van der Waals surface area contributed by atoms with Gasteiger partial charge in [-0.05, 0) is 50.2 Å². The highest BCUT2D eigenvalue weighted by Gasteiger charge is 2.23. The first-order valence-electron chi connectivity index (χ1n) is 8.82. The van der Waals surface area contributed by atoms with Gasteiger partial charge in [-0.15, -0.1) is 0 Å². The van der Waals surface area contributed by atoms with Crippen LogP contribution in [0.2, 0.25) is 0 Å². The molecule has 0 saturated carbocycles. The number of nitrogens with one attached hydrogen (secondary N) is 1. The smallest absolute Gasteiger partial charge is 0.337 e. The van der Waals surface area contributed by atoms with Gasteiger partial charge in [-0.2, -0.15) is 0 Å². The second-order valence-electron chi connectivity index (χ2n) is 6.59. The Hall–Kier alpha value is -2.93. The van der Waals surface area contributed by atoms with E-state index in [4.69, 9.17) is 4.74 Å². The molecule has 1 aromatic carbocycles. The summed E-state index contributed by atoms with van der Waals surface area (Å²) < 4.78 is 10.4. The topological polar surface area (TPSA) is 80.8 Å². The van der Waals surface area contributed by atoms with Crippen LogP contribution in [0.1, 0.15) is 34.6 Å². The van der Waals surface area contributed by atoms with Crippen molar-refractivity contribution in [2.75, 3.05) is 30.4 Å². The number of rotatable bonds is 4. The highest BCUT2D eigenvalue weighted by molar-refractivity contribution is 6.04. The summed E-state index contributed by atoms with van der Waals surface area (Å²) in [6.45, 7) is 5.62. The van der Waals surface area contributed by atoms with E-state index in [1.807, 2.05) is 19.9 Å². The average molecular weight is 369 g/mol. The standard InChI is InChI=1S/C20H23N3O4/c1-13-11-23(12-14(2)27-13)18-9-6-16(10-21-18)19(24)22-17-7-4-15(5-8-17)20(25)26-3/h4-10,13-14H,11-12H2,1-3H3,(H,22,24). The number of aromatic nitrogens is 1. The summed E-state index contributed by atoms with van der Waals surface area (Å²) in [5.74, 6) is 0.152. The van der Waals surface area contributed by atoms with Gasteiger partial charge < -0.3 is 19.7 Å². The van der Waals surface area contributed by atoms with Crippen LogP contribution in [0.3, 0.4) is 0 Å². The fourth-order valence-electron chi connectivity index (χ4n) is 3.08. The van der Waals surface area contributed by atoms with Crippen molar-refractivity contribution in [3.63, 3.8) is 0 Å². The summed E-state index contributed by atoms with van der Waals surface area (Å²) in [5.41, 5.74) is 1.48. The summed E-state index contributed by atoms with van der Waals surface area (Å²) in [6.07, 6.45) is 1.86. The molecule has 2 aromatic rings. The maximum absolute atomic E-state index is 12.4. The maximum Gasteiger partial charge on any atom is 0.337 e. The van der Waals surface area contributed by atoms with E-state index >= 15 is 0 Å². The van der Waals surface area contributed by atoms with E-state index in [2.05, 4.69) is 19.9 Å². The first kappa shape index (κ1) is 18.8. The molecule has 7 nitrogen and oxygen atoms in total. The Labute approximate surface area is 158 Å². The van der Waals surface area contributed by atoms with Crippen molar-refractivity contribution in [2.45, 2.75) is 26.1 Å². The van der Waals surface area contributed by atoms with E-state index in [1.54, 1.807) is 36.5 Å². The first-order valence-corrected chi connectivity index (χ1v) is 8.82. The molecule has 2 unspecified atom stereocenters. The zero-order valence-electron chi connectivity index (χ0n) is 15.6. The number of nitrogens with zero attached hydrogens (tertiary/aromatic N) is 2. The number of hydrogen-bond donors (Lipinski definition) is 1. The van der Waals surface area contributed by atoms with Crippen LogP contribution in [0.25, 0.3) is 0 Å². The number of hydrogen-bond acceptors (Lipinski definition) is 6. The number of benzene rings is 1. The molecule has 2 heterocycles. The van der Waals surface area contributed by atoms with Gasteiger partial charge in [0.25, 0.3) is 5.91 Å². The van der Waals surface area contributed by atoms with E-state index in [9.17, 15) is 9.59 Å². The Morgan fingerprint density at radius 1 is 1.07 bits per heavy atom. The number of anilines is 2. The Kier molecular flexibility index (Phi) is 5.71. The van der Waals surface area contributed by atoms with E-state index < -0.39 is 5.97 Å². The number of carbonyl (C=O) groups excluding carboxylic acids is 2. The normalized spacial score (nSPS) is 19.4. The summed E-state index contributed by atoms with van der Waals surface area (Å²) in [7, 11) is 1.33. The van der Waals surface area contributed by atoms with Crippen LogP contribution in [-0.2, 0) is 9.47 Å². The highest BCUT2D eigenvalue weighted by Crippen LogP contribution is 2.19. The number of carbonyl (C=O) groups is 2. The Balaban J connectivity index is 1.64. The minimum Gasteiger partial charge on any atom is -0.465 e. The van der Waals surface area contributed by atoms with Crippen molar-refractivity contribution >= 4 is 23.4 Å². The van der Waals surface area contributed by atoms with Crippen molar-refractivity contribution in [1.29, 1.82) is 0 Å². The molecule has 0 bridgehead atoms. The van der Waals surface area contributed by atoms with Crippen LogP contribution in [0.4, 0.5) is 11.5 Å². The van der Waals surface area contributed by atoms with Gasteiger partial charge in [-0.1, -0.05) is 0 Å². The highest BCUT2D eigenvalue weighted by atomic mass is 16.5. The minimum atomic E-state index is -0.417. The summed E-state index contributed by atoms with van der Waals surface area (Å²) in [6, 6.07) is 10.1. The Morgan fingerprint density at radius 3 is 2.26 bits per heavy atom. The van der Waals surface area contributed by atoms with Gasteiger partial charge in [0.15, 0.2) is 0 Å². The van der Waals surface area contributed by atoms with Crippen LogP contribution >= 0.6 is 0 Å². The third-order valence-corrected chi connectivity index (χ3v) is 4.32. The number of ether oxygens (including phenoxy) is 2. The van der Waals surface area contributed by atoms with Crippen molar-refractivity contribution < 1.29 is 19.1 Å². The second kappa shape index (κ2) is 8.18. The van der Waals surface area contributed by atoms with Crippen LogP contribution in [0.5, 0.6) is 0 Å². The third-order valence-electron chi connectivity index (χ3n) is 4.32. The van der Waals surface area contributed by atoms with E-state index in [0.29, 0.717) is 16.8 Å². The summed E-state index contributed by atoms with van der Waals surface area (Å²) in [4.78, 5) is 30.4. The van der Waals surface area contributed by atoms with E-state index in [0.717, 1.165) is 18.9 Å². The monoisotopic (exact) mass is 369 g/mol. The predicted molar refractivity (Wildman–Crippen MR) is 102 cm³/mol. The SMILES string of the molecule is COC(=O)c1ccc(NC(=O)c2ccc(N3CC(C)OC(C)C3)nc2)cc1. The maximum atomic E-state index is 12.4. The number of morpholine rings is 1. The Bertz CT molecular complexity index is 795. The molecule has 27 heavy (non-hydrogen) atoms. The fraction of sp³-hybridized carbons (Fsp3) is 0.350. The molecule has 1 saturated heterocycles. The molecule has 1 aromatic heterocycles. The van der Waals surface area contributed by atoms with Gasteiger partial charge >= 0.3 is 5.97 Å². The minimum absolute atomic E-state index is 0.145. The second-order valence-corrected chi connectivity index (χ2v) is 6.59. The van der Waals surface area contributed by atoms with Crippen LogP contribution in [0.15, 0.2) is 42.6 Å². The predicted octanol–water partition coefficient (Wildman–Crippen LogP) is 2.73. The number of amides is 1. The molecule has 1 aliphatic rings. The van der Waals surface area contributed by atoms with Crippen molar-refractivity contribution in [3.05, 3.63) is 53.7 Å². The van der Waals surface area contributed by atoms with Crippen LogP contribution in [0, 0.1) is 0 Å². The van der Waals surface area contributed by atoms with Gasteiger partial charge in [0, 0.05) is 25.0 Å². The van der Waals surface area contributed by atoms with Gasteiger partial charge in [0.1, 0.15) is 5.82 Å². The van der Waals surface area contributed by atoms with Gasteiger partial charge in [-0.3, -0.25) is 4.79 Å². The summed E-state index contributed by atoms with van der Waals surface area (Å²) >= 11 is 0. The van der Waals surface area contributed by atoms with Gasteiger partial charge in [0.2, 0.25) is 0 Å². The van der Waals surface area contributed by atoms with Gasteiger partial charge in [-0.25, -0.2) is 9.78 Å². The van der Waals surface area contributed by atoms with E-state index in [1.165, 1.54) is 7.11 Å². The molecule has 1 fully saturated rings. The zero-order chi connectivity index (χ0) is 19.4. The lowest BCUT2D eigenvalue weighted by molar-refractivity contribution is -0.00546. The molecule has 3 rings (SSSR count). The molecule has 1 N–H and O–H groups in total. The molecular formula is C20H23N3O4. The molecule has 1 amide bonds. The lowest BCUT2D eigenvalue weighted by atomic mass is 10.2. The van der Waals surface area contributed by atoms with Crippen molar-refractivity contribution in [2.24, 2.45) is 0 Å². The van der Waals surface area contributed by atoms with Crippen molar-refractivity contribution in [3.8, 4) is 0 Å². The lowest BCUT2D eigenvalue weighted by Gasteiger charge is -2.36. The molecule has 0 aliphatic carbocycles. The largest absolute Gasteiger partial charge is 0.465 e.